The molecular formula is C24H22N6O4S. The number of rotatable bonds is 7. The molecule has 0 bridgehead atoms. The number of benzene rings is 2. The van der Waals surface area contributed by atoms with Crippen LogP contribution in [0.25, 0.3) is 21.9 Å². The van der Waals surface area contributed by atoms with Crippen LogP contribution in [0.4, 0.5) is 17.3 Å². The molecule has 3 aromatic heterocycles. The maximum absolute atomic E-state index is 13.3. The Labute approximate surface area is 200 Å². The average molecular weight is 491 g/mol. The first-order valence-electron chi connectivity index (χ1n) is 11.1. The lowest BCUT2D eigenvalue weighted by atomic mass is 10.2. The lowest BCUT2D eigenvalue weighted by Crippen LogP contribution is -2.14. The van der Waals surface area contributed by atoms with Crippen molar-refractivity contribution in [2.45, 2.75) is 30.6 Å². The number of ether oxygens (including phenoxy) is 1. The van der Waals surface area contributed by atoms with Crippen LogP contribution in [-0.4, -0.2) is 35.9 Å². The van der Waals surface area contributed by atoms with Gasteiger partial charge in [0.2, 0.25) is 0 Å². The highest BCUT2D eigenvalue weighted by atomic mass is 32.2. The minimum atomic E-state index is -4.00. The summed E-state index contributed by atoms with van der Waals surface area (Å²) in [5, 5.41) is 15.7. The number of nitrogens with one attached hydrogen (secondary N) is 3. The van der Waals surface area contributed by atoms with Crippen LogP contribution in [-0.2, 0) is 10.0 Å². The second-order valence-electron chi connectivity index (χ2n) is 8.63. The number of nitrogens with zero attached hydrogens (tertiary/aromatic N) is 3. The number of aryl methyl sites for hydroxylation is 1. The smallest absolute Gasteiger partial charge is 0.265 e. The molecule has 1 aliphatic carbocycles. The predicted molar refractivity (Wildman–Crippen MR) is 132 cm³/mol. The highest BCUT2D eigenvalue weighted by molar-refractivity contribution is 7.93. The van der Waals surface area contributed by atoms with Gasteiger partial charge in [0.15, 0.2) is 17.2 Å². The van der Waals surface area contributed by atoms with Crippen molar-refractivity contribution >= 4 is 49.2 Å². The second kappa shape index (κ2) is 7.98. The van der Waals surface area contributed by atoms with E-state index in [0.717, 1.165) is 16.6 Å². The third-order valence-electron chi connectivity index (χ3n) is 6.00. The fourth-order valence-electron chi connectivity index (χ4n) is 4.09. The molecule has 10 nitrogen and oxygen atoms in total. The van der Waals surface area contributed by atoms with Gasteiger partial charge in [-0.1, -0.05) is 17.3 Å². The summed E-state index contributed by atoms with van der Waals surface area (Å²) in [5.74, 6) is 1.75. The van der Waals surface area contributed by atoms with Crippen LogP contribution >= 0.6 is 0 Å². The number of para-hydroxylation sites is 1. The fourth-order valence-corrected chi connectivity index (χ4v) is 5.28. The van der Waals surface area contributed by atoms with E-state index in [1.807, 2.05) is 25.1 Å². The summed E-state index contributed by atoms with van der Waals surface area (Å²) >= 11 is 0. The van der Waals surface area contributed by atoms with E-state index in [-0.39, 0.29) is 10.7 Å². The first-order chi connectivity index (χ1) is 16.9. The molecule has 0 spiro atoms. The lowest BCUT2D eigenvalue weighted by Gasteiger charge is -2.10. The first kappa shape index (κ1) is 21.4. The van der Waals surface area contributed by atoms with Crippen molar-refractivity contribution in [1.82, 2.24) is 20.3 Å². The van der Waals surface area contributed by atoms with E-state index >= 15 is 0 Å². The molecule has 3 heterocycles. The predicted octanol–water partition coefficient (Wildman–Crippen LogP) is 4.84. The molecule has 0 atom stereocenters. The van der Waals surface area contributed by atoms with Crippen molar-refractivity contribution in [3.05, 3.63) is 59.9 Å². The van der Waals surface area contributed by atoms with Crippen molar-refractivity contribution in [2.75, 3.05) is 17.1 Å². The van der Waals surface area contributed by atoms with Crippen LogP contribution in [0.3, 0.4) is 0 Å². The Bertz CT molecular complexity index is 1690. The first-order valence-corrected chi connectivity index (χ1v) is 12.6. The molecule has 5 aromatic rings. The number of sulfonamides is 1. The van der Waals surface area contributed by atoms with E-state index in [1.165, 1.54) is 26.0 Å². The Morgan fingerprint density at radius 1 is 1.17 bits per heavy atom. The summed E-state index contributed by atoms with van der Waals surface area (Å²) in [6.45, 7) is 1.90. The van der Waals surface area contributed by atoms with Crippen molar-refractivity contribution in [1.29, 1.82) is 0 Å². The number of anilines is 3. The largest absolute Gasteiger partial charge is 0.495 e. The summed E-state index contributed by atoms with van der Waals surface area (Å²) in [6, 6.07) is 12.3. The SMILES string of the molecule is COc1cc2c(NS(=O)(=O)c3cccc4cc(C)cnc34)noc2cc1Nc1cc(C2CC2)[nH]n1. The molecule has 11 heteroatoms. The van der Waals surface area contributed by atoms with Gasteiger partial charge in [-0.25, -0.2) is 8.42 Å². The number of pyridine rings is 1. The zero-order valence-corrected chi connectivity index (χ0v) is 19.8. The molecule has 3 N–H and O–H groups in total. The van der Waals surface area contributed by atoms with Crippen LogP contribution in [0.5, 0.6) is 5.75 Å². The van der Waals surface area contributed by atoms with E-state index < -0.39 is 10.0 Å². The number of hydrogen-bond donors (Lipinski definition) is 3. The fraction of sp³-hybridized carbons (Fsp3) is 0.208. The van der Waals surface area contributed by atoms with Crippen LogP contribution in [0.15, 0.2) is 58.1 Å². The van der Waals surface area contributed by atoms with Gasteiger partial charge in [-0.05, 0) is 43.5 Å². The van der Waals surface area contributed by atoms with Crippen LogP contribution in [0.1, 0.15) is 30.0 Å². The molecule has 0 unspecified atom stereocenters. The minimum absolute atomic E-state index is 0.0569. The van der Waals surface area contributed by atoms with Crippen molar-refractivity contribution in [2.24, 2.45) is 0 Å². The topological polar surface area (TPSA) is 135 Å². The molecule has 1 saturated carbocycles. The molecule has 0 aliphatic heterocycles. The average Bonchev–Trinajstić information content (AvgIpc) is 3.48. The van der Waals surface area contributed by atoms with Gasteiger partial charge in [0, 0.05) is 35.3 Å². The monoisotopic (exact) mass is 490 g/mol. The Morgan fingerprint density at radius 3 is 2.83 bits per heavy atom. The van der Waals surface area contributed by atoms with Crippen LogP contribution < -0.4 is 14.8 Å². The van der Waals surface area contributed by atoms with E-state index in [2.05, 4.69) is 30.4 Å². The standard InChI is InChI=1S/C24H22N6O4S/c1-13-8-15-4-3-5-21(23(15)25-12-13)35(31,32)30-24-16-9-20(33-2)18(10-19(16)34-29-24)26-22-11-17(27-28-22)14-6-7-14/h3-5,8-12,14H,6-7H2,1-2H3,(H,29,30)(H2,26,27,28). The van der Waals surface area contributed by atoms with Crippen molar-refractivity contribution in [3.8, 4) is 5.75 Å². The molecule has 1 fully saturated rings. The Hall–Kier alpha value is -4.12. The zero-order valence-electron chi connectivity index (χ0n) is 19.0. The third kappa shape index (κ3) is 3.93. The Morgan fingerprint density at radius 2 is 2.03 bits per heavy atom. The number of hydrogen-bond acceptors (Lipinski definition) is 8. The highest BCUT2D eigenvalue weighted by Crippen LogP contribution is 2.41. The summed E-state index contributed by atoms with van der Waals surface area (Å²) in [6.07, 6.45) is 3.98. The molecule has 1 aliphatic rings. The van der Waals surface area contributed by atoms with Gasteiger partial charge < -0.3 is 14.6 Å². The van der Waals surface area contributed by atoms with Gasteiger partial charge in [-0.15, -0.1) is 0 Å². The van der Waals surface area contributed by atoms with Crippen LogP contribution in [0.2, 0.25) is 0 Å². The van der Waals surface area contributed by atoms with Crippen molar-refractivity contribution < 1.29 is 17.7 Å². The maximum Gasteiger partial charge on any atom is 0.265 e. The second-order valence-corrected chi connectivity index (χ2v) is 10.3. The summed E-state index contributed by atoms with van der Waals surface area (Å²) in [7, 11) is -2.46. The van der Waals surface area contributed by atoms with Gasteiger partial charge >= 0.3 is 0 Å². The van der Waals surface area contributed by atoms with E-state index in [4.69, 9.17) is 9.26 Å². The van der Waals surface area contributed by atoms with E-state index in [0.29, 0.717) is 39.7 Å². The summed E-state index contributed by atoms with van der Waals surface area (Å²) < 4.78 is 40.1. The van der Waals surface area contributed by atoms with Gasteiger partial charge in [0.1, 0.15) is 10.6 Å². The van der Waals surface area contributed by atoms with Crippen molar-refractivity contribution in [3.63, 3.8) is 0 Å². The molecule has 2 aromatic carbocycles. The van der Waals surface area contributed by atoms with Crippen LogP contribution in [0, 0.1) is 6.92 Å². The minimum Gasteiger partial charge on any atom is -0.495 e. The summed E-state index contributed by atoms with van der Waals surface area (Å²) in [5.41, 5.74) is 3.43. The normalized spacial score (nSPS) is 13.9. The maximum atomic E-state index is 13.3. The van der Waals surface area contributed by atoms with Gasteiger partial charge in [-0.2, -0.15) is 5.10 Å². The number of H-pyrrole nitrogens is 1. The summed E-state index contributed by atoms with van der Waals surface area (Å²) in [4.78, 5) is 4.39. The molecule has 0 radical (unpaired) electrons. The molecule has 35 heavy (non-hydrogen) atoms. The van der Waals surface area contributed by atoms with E-state index in [1.54, 1.807) is 24.4 Å². The Kier molecular flexibility index (Phi) is 4.88. The van der Waals surface area contributed by atoms with Gasteiger partial charge in [0.05, 0.1) is 23.7 Å². The molecule has 0 saturated heterocycles. The Balaban J connectivity index is 1.34. The number of methoxy groups -OCH3 is 1. The molecular weight excluding hydrogens is 468 g/mol. The molecule has 178 valence electrons. The highest BCUT2D eigenvalue weighted by Gasteiger charge is 2.26. The number of aromatic nitrogens is 4. The van der Waals surface area contributed by atoms with E-state index in [9.17, 15) is 8.42 Å². The lowest BCUT2D eigenvalue weighted by molar-refractivity contribution is 0.417. The number of fused-ring (bicyclic) bond motifs is 2. The quantitative estimate of drug-likeness (QED) is 0.295. The third-order valence-corrected chi connectivity index (χ3v) is 7.37. The van der Waals surface area contributed by atoms with Gasteiger partial charge in [-0.3, -0.25) is 14.8 Å². The van der Waals surface area contributed by atoms with Gasteiger partial charge in [0.25, 0.3) is 10.0 Å². The number of aromatic amines is 1. The molecule has 0 amide bonds. The zero-order chi connectivity index (χ0) is 24.2. The molecule has 6 rings (SSSR count).